The van der Waals surface area contributed by atoms with Crippen molar-refractivity contribution in [2.75, 3.05) is 26.7 Å². The van der Waals surface area contributed by atoms with Gasteiger partial charge in [0, 0.05) is 13.1 Å². The Kier molecular flexibility index (Phi) is 3.88. The van der Waals surface area contributed by atoms with Gasteiger partial charge in [-0.3, -0.25) is 0 Å². The number of ether oxygens (including phenoxy) is 1. The van der Waals surface area contributed by atoms with Gasteiger partial charge in [-0.05, 0) is 20.4 Å². The lowest BCUT2D eigenvalue weighted by Crippen LogP contribution is -2.24. The number of alkyl halides is 1. The maximum Gasteiger partial charge on any atom is 0.140 e. The monoisotopic (exact) mass is 187 g/mol. The molecule has 0 N–H and O–H groups in total. The lowest BCUT2D eigenvalue weighted by molar-refractivity contribution is 0.0249. The lowest BCUT2D eigenvalue weighted by atomic mass is 10.2. The number of rotatable bonds is 4. The first-order valence-corrected chi connectivity index (χ1v) is 4.68. The average Bonchev–Trinajstić information content (AvgIpc) is 2.29. The van der Waals surface area contributed by atoms with E-state index < -0.39 is 6.17 Å². The molecule has 13 heavy (non-hydrogen) atoms. The molecule has 0 aromatic heterocycles. The van der Waals surface area contributed by atoms with Crippen molar-refractivity contribution in [3.05, 3.63) is 12.2 Å². The summed E-state index contributed by atoms with van der Waals surface area (Å²) in [6.07, 6.45) is -0.230. The van der Waals surface area contributed by atoms with Crippen LogP contribution < -0.4 is 0 Å². The summed E-state index contributed by atoms with van der Waals surface area (Å²) in [7, 11) is 1.91. The minimum atomic E-state index is -0.824. The van der Waals surface area contributed by atoms with Crippen LogP contribution >= 0.6 is 0 Å². The normalized spacial score (nSPS) is 29.5. The van der Waals surface area contributed by atoms with E-state index in [0.717, 1.165) is 12.0 Å². The number of likely N-dealkylation sites (tertiary alicyclic amines) is 1. The van der Waals surface area contributed by atoms with E-state index in [-0.39, 0.29) is 6.10 Å². The maximum atomic E-state index is 13.2. The Morgan fingerprint density at radius 2 is 2.31 bits per heavy atom. The van der Waals surface area contributed by atoms with Gasteiger partial charge in [0.15, 0.2) is 0 Å². The molecule has 0 aromatic rings. The van der Waals surface area contributed by atoms with Crippen molar-refractivity contribution in [2.45, 2.75) is 25.6 Å². The van der Waals surface area contributed by atoms with E-state index in [1.54, 1.807) is 0 Å². The fraction of sp³-hybridized carbons (Fsp3) is 0.800. The second-order valence-corrected chi connectivity index (χ2v) is 3.85. The van der Waals surface area contributed by atoms with Crippen molar-refractivity contribution in [3.63, 3.8) is 0 Å². The van der Waals surface area contributed by atoms with Crippen LogP contribution in [0.2, 0.25) is 0 Å². The third-order valence-electron chi connectivity index (χ3n) is 2.24. The first kappa shape index (κ1) is 10.7. The van der Waals surface area contributed by atoms with Crippen LogP contribution in [0.25, 0.3) is 0 Å². The largest absolute Gasteiger partial charge is 0.373 e. The van der Waals surface area contributed by atoms with Gasteiger partial charge in [0.1, 0.15) is 12.3 Å². The van der Waals surface area contributed by atoms with E-state index in [2.05, 4.69) is 6.58 Å². The van der Waals surface area contributed by atoms with Crippen LogP contribution in [0.1, 0.15) is 13.3 Å². The number of halogens is 1. The Morgan fingerprint density at radius 3 is 2.77 bits per heavy atom. The SMILES string of the molecule is C=C(C)CCOC1CN(C)CC1F. The molecule has 2 atom stereocenters. The van der Waals surface area contributed by atoms with Crippen LogP contribution in [0.3, 0.4) is 0 Å². The first-order valence-electron chi connectivity index (χ1n) is 4.68. The molecule has 0 radical (unpaired) electrons. The van der Waals surface area contributed by atoms with Crippen LogP contribution in [0.4, 0.5) is 4.39 Å². The molecule has 0 amide bonds. The maximum absolute atomic E-state index is 13.2. The summed E-state index contributed by atoms with van der Waals surface area (Å²) < 4.78 is 18.6. The van der Waals surface area contributed by atoms with Crippen molar-refractivity contribution >= 4 is 0 Å². The highest BCUT2D eigenvalue weighted by molar-refractivity contribution is 4.88. The van der Waals surface area contributed by atoms with Crippen molar-refractivity contribution in [3.8, 4) is 0 Å². The molecule has 0 aromatic carbocycles. The second kappa shape index (κ2) is 4.72. The predicted octanol–water partition coefficient (Wildman–Crippen LogP) is 1.62. The fourth-order valence-corrected chi connectivity index (χ4v) is 1.45. The van der Waals surface area contributed by atoms with Gasteiger partial charge >= 0.3 is 0 Å². The molecule has 0 bridgehead atoms. The molecule has 1 aliphatic heterocycles. The molecule has 76 valence electrons. The quantitative estimate of drug-likeness (QED) is 0.620. The summed E-state index contributed by atoms with van der Waals surface area (Å²) in [6.45, 7) is 7.52. The molecule has 1 aliphatic rings. The minimum absolute atomic E-state index is 0.232. The second-order valence-electron chi connectivity index (χ2n) is 3.85. The van der Waals surface area contributed by atoms with Crippen LogP contribution in [-0.2, 0) is 4.74 Å². The zero-order valence-electron chi connectivity index (χ0n) is 8.42. The van der Waals surface area contributed by atoms with Gasteiger partial charge < -0.3 is 9.64 Å². The molecule has 1 rings (SSSR count). The molecule has 1 fully saturated rings. The number of nitrogens with zero attached hydrogens (tertiary/aromatic N) is 1. The molecule has 0 saturated carbocycles. The molecule has 0 aliphatic carbocycles. The summed E-state index contributed by atoms with van der Waals surface area (Å²) in [5.74, 6) is 0. The Balaban J connectivity index is 2.18. The third kappa shape index (κ3) is 3.44. The van der Waals surface area contributed by atoms with Gasteiger partial charge in [-0.2, -0.15) is 0 Å². The van der Waals surface area contributed by atoms with Crippen LogP contribution in [0.15, 0.2) is 12.2 Å². The topological polar surface area (TPSA) is 12.5 Å². The fourth-order valence-electron chi connectivity index (χ4n) is 1.45. The molecule has 3 heteroatoms. The Morgan fingerprint density at radius 1 is 1.62 bits per heavy atom. The molecule has 1 saturated heterocycles. The zero-order valence-corrected chi connectivity index (χ0v) is 8.42. The molecule has 1 heterocycles. The Hall–Kier alpha value is -0.410. The smallest absolute Gasteiger partial charge is 0.140 e. The standard InChI is InChI=1S/C10H18FNO/c1-8(2)4-5-13-10-7-12(3)6-9(10)11/h9-10H,1,4-7H2,2-3H3. The van der Waals surface area contributed by atoms with E-state index >= 15 is 0 Å². The highest BCUT2D eigenvalue weighted by Gasteiger charge is 2.31. The number of hydrogen-bond acceptors (Lipinski definition) is 2. The Bertz CT molecular complexity index is 184. The molecular formula is C10H18FNO. The predicted molar refractivity (Wildman–Crippen MR) is 51.6 cm³/mol. The average molecular weight is 187 g/mol. The Labute approximate surface area is 79.4 Å². The van der Waals surface area contributed by atoms with Gasteiger partial charge in [-0.15, -0.1) is 6.58 Å². The molecule has 2 nitrogen and oxygen atoms in total. The van der Waals surface area contributed by atoms with E-state index in [0.29, 0.717) is 19.7 Å². The third-order valence-corrected chi connectivity index (χ3v) is 2.24. The van der Waals surface area contributed by atoms with Crippen molar-refractivity contribution in [1.29, 1.82) is 0 Å². The van der Waals surface area contributed by atoms with Gasteiger partial charge in [0.2, 0.25) is 0 Å². The van der Waals surface area contributed by atoms with E-state index in [1.807, 2.05) is 18.9 Å². The van der Waals surface area contributed by atoms with E-state index in [1.165, 1.54) is 0 Å². The first-order chi connectivity index (χ1) is 6.09. The van der Waals surface area contributed by atoms with Crippen LogP contribution in [0.5, 0.6) is 0 Å². The minimum Gasteiger partial charge on any atom is -0.373 e. The van der Waals surface area contributed by atoms with Gasteiger partial charge in [0.05, 0.1) is 6.61 Å². The van der Waals surface area contributed by atoms with Crippen molar-refractivity contribution in [1.82, 2.24) is 4.90 Å². The number of likely N-dealkylation sites (N-methyl/N-ethyl adjacent to an activating group) is 1. The van der Waals surface area contributed by atoms with E-state index in [4.69, 9.17) is 4.74 Å². The van der Waals surface area contributed by atoms with Gasteiger partial charge in [-0.1, -0.05) is 5.57 Å². The van der Waals surface area contributed by atoms with Crippen molar-refractivity contribution in [2.24, 2.45) is 0 Å². The molecular weight excluding hydrogens is 169 g/mol. The molecule has 0 spiro atoms. The van der Waals surface area contributed by atoms with Crippen LogP contribution in [-0.4, -0.2) is 43.9 Å². The summed E-state index contributed by atoms with van der Waals surface area (Å²) >= 11 is 0. The molecule has 2 unspecified atom stereocenters. The van der Waals surface area contributed by atoms with Gasteiger partial charge in [0.25, 0.3) is 0 Å². The van der Waals surface area contributed by atoms with Crippen LogP contribution in [0, 0.1) is 0 Å². The highest BCUT2D eigenvalue weighted by Crippen LogP contribution is 2.15. The highest BCUT2D eigenvalue weighted by atomic mass is 19.1. The summed E-state index contributed by atoms with van der Waals surface area (Å²) in [5.41, 5.74) is 1.08. The summed E-state index contributed by atoms with van der Waals surface area (Å²) in [5, 5.41) is 0. The number of hydrogen-bond donors (Lipinski definition) is 0. The zero-order chi connectivity index (χ0) is 9.84. The summed E-state index contributed by atoms with van der Waals surface area (Å²) in [4.78, 5) is 1.95. The summed E-state index contributed by atoms with van der Waals surface area (Å²) in [6, 6.07) is 0. The van der Waals surface area contributed by atoms with Crippen molar-refractivity contribution < 1.29 is 9.13 Å². The lowest BCUT2D eigenvalue weighted by Gasteiger charge is -2.13. The van der Waals surface area contributed by atoms with Gasteiger partial charge in [-0.25, -0.2) is 4.39 Å². The van der Waals surface area contributed by atoms with E-state index in [9.17, 15) is 4.39 Å².